The lowest BCUT2D eigenvalue weighted by atomic mass is 9.95. The van der Waals surface area contributed by atoms with Crippen LogP contribution in [-0.2, 0) is 0 Å². The molecule has 0 spiro atoms. The van der Waals surface area contributed by atoms with Crippen molar-refractivity contribution < 1.29 is 0 Å². The number of aryl methyl sites for hydroxylation is 3. The molecule has 0 bridgehead atoms. The van der Waals surface area contributed by atoms with Gasteiger partial charge in [0.2, 0.25) is 0 Å². The largest absolute Gasteiger partial charge is 0.271 e. The summed E-state index contributed by atoms with van der Waals surface area (Å²) in [6.07, 6.45) is 0. The molecule has 1 atom stereocenters. The topological polar surface area (TPSA) is 38.0 Å². The van der Waals surface area contributed by atoms with E-state index in [2.05, 4.69) is 38.3 Å². The van der Waals surface area contributed by atoms with E-state index in [0.717, 1.165) is 9.90 Å². The first-order chi connectivity index (χ1) is 8.54. The number of rotatable bonds is 3. The van der Waals surface area contributed by atoms with Crippen LogP contribution < -0.4 is 11.3 Å². The quantitative estimate of drug-likeness (QED) is 0.661. The van der Waals surface area contributed by atoms with Crippen LogP contribution in [0.15, 0.2) is 23.6 Å². The Labute approximate surface area is 117 Å². The molecule has 1 aromatic carbocycles. The summed E-state index contributed by atoms with van der Waals surface area (Å²) in [5.41, 5.74) is 7.85. The molecule has 0 saturated carbocycles. The van der Waals surface area contributed by atoms with E-state index in [1.165, 1.54) is 22.3 Å². The average molecular weight is 281 g/mol. The number of nitrogens with one attached hydrogen (secondary N) is 1. The van der Waals surface area contributed by atoms with Gasteiger partial charge in [-0.05, 0) is 54.5 Å². The zero-order valence-corrected chi connectivity index (χ0v) is 12.3. The minimum atomic E-state index is -0.0446. The Hall–Kier alpha value is -0.870. The molecular weight excluding hydrogens is 264 g/mol. The summed E-state index contributed by atoms with van der Waals surface area (Å²) in [5.74, 6) is 5.72. The molecule has 0 aliphatic carbocycles. The number of hydrazine groups is 1. The molecule has 0 aliphatic heterocycles. The number of halogens is 1. The van der Waals surface area contributed by atoms with Gasteiger partial charge in [0.05, 0.1) is 11.1 Å². The Morgan fingerprint density at radius 2 is 1.83 bits per heavy atom. The van der Waals surface area contributed by atoms with Crippen LogP contribution in [-0.4, -0.2) is 0 Å². The smallest absolute Gasteiger partial charge is 0.0820 e. The van der Waals surface area contributed by atoms with Gasteiger partial charge >= 0.3 is 0 Å². The number of hydrogen-bond donors (Lipinski definition) is 2. The van der Waals surface area contributed by atoms with E-state index >= 15 is 0 Å². The van der Waals surface area contributed by atoms with E-state index in [1.54, 1.807) is 11.3 Å². The van der Waals surface area contributed by atoms with Crippen LogP contribution in [0.3, 0.4) is 0 Å². The normalized spacial score (nSPS) is 12.7. The van der Waals surface area contributed by atoms with Crippen molar-refractivity contribution in [2.45, 2.75) is 26.8 Å². The van der Waals surface area contributed by atoms with Crippen LogP contribution in [0, 0.1) is 20.8 Å². The second kappa shape index (κ2) is 5.41. The van der Waals surface area contributed by atoms with Crippen molar-refractivity contribution in [3.05, 3.63) is 55.7 Å². The van der Waals surface area contributed by atoms with Crippen molar-refractivity contribution in [3.8, 4) is 0 Å². The van der Waals surface area contributed by atoms with Gasteiger partial charge in [-0.15, -0.1) is 11.3 Å². The number of nitrogens with two attached hydrogens (primary N) is 1. The van der Waals surface area contributed by atoms with E-state index in [4.69, 9.17) is 17.4 Å². The Kier molecular flexibility index (Phi) is 4.07. The van der Waals surface area contributed by atoms with Crippen molar-refractivity contribution in [1.29, 1.82) is 0 Å². The number of thiophene rings is 1. The van der Waals surface area contributed by atoms with Crippen LogP contribution in [0.5, 0.6) is 0 Å². The molecule has 18 heavy (non-hydrogen) atoms. The molecule has 0 amide bonds. The highest BCUT2D eigenvalue weighted by atomic mass is 35.5. The van der Waals surface area contributed by atoms with Crippen molar-refractivity contribution in [2.24, 2.45) is 5.84 Å². The summed E-state index contributed by atoms with van der Waals surface area (Å²) in [6.45, 7) is 6.34. The molecule has 1 unspecified atom stereocenters. The highest BCUT2D eigenvalue weighted by molar-refractivity contribution is 7.10. The lowest BCUT2D eigenvalue weighted by Crippen LogP contribution is -2.29. The second-order valence-electron chi connectivity index (χ2n) is 4.53. The Balaban J connectivity index is 2.52. The minimum absolute atomic E-state index is 0.0446. The van der Waals surface area contributed by atoms with Gasteiger partial charge < -0.3 is 0 Å². The summed E-state index contributed by atoms with van der Waals surface area (Å²) >= 11 is 7.82. The van der Waals surface area contributed by atoms with E-state index in [-0.39, 0.29) is 6.04 Å². The Morgan fingerprint density at radius 3 is 2.39 bits per heavy atom. The SMILES string of the molecule is Cc1cc(C)c(C(NN)c2sccc2Cl)cc1C. The van der Waals surface area contributed by atoms with Crippen LogP contribution in [0.1, 0.15) is 33.2 Å². The summed E-state index contributed by atoms with van der Waals surface area (Å²) < 4.78 is 0. The van der Waals surface area contributed by atoms with Gasteiger partial charge in [-0.25, -0.2) is 5.43 Å². The molecule has 3 N–H and O–H groups in total. The highest BCUT2D eigenvalue weighted by Gasteiger charge is 2.19. The summed E-state index contributed by atoms with van der Waals surface area (Å²) in [5, 5.41) is 2.75. The van der Waals surface area contributed by atoms with Gasteiger partial charge in [0, 0.05) is 4.88 Å². The average Bonchev–Trinajstić information content (AvgIpc) is 2.73. The van der Waals surface area contributed by atoms with Gasteiger partial charge in [-0.3, -0.25) is 5.84 Å². The molecule has 2 nitrogen and oxygen atoms in total. The lowest BCUT2D eigenvalue weighted by molar-refractivity contribution is 0.643. The summed E-state index contributed by atoms with van der Waals surface area (Å²) in [4.78, 5) is 1.06. The molecule has 0 aliphatic rings. The van der Waals surface area contributed by atoms with Gasteiger partial charge in [-0.2, -0.15) is 0 Å². The number of benzene rings is 1. The van der Waals surface area contributed by atoms with Gasteiger partial charge in [0.15, 0.2) is 0 Å². The van der Waals surface area contributed by atoms with Gasteiger partial charge in [0.1, 0.15) is 0 Å². The van der Waals surface area contributed by atoms with E-state index in [1.807, 2.05) is 11.4 Å². The predicted molar refractivity (Wildman–Crippen MR) is 79.1 cm³/mol. The zero-order chi connectivity index (χ0) is 13.3. The number of hydrogen-bond acceptors (Lipinski definition) is 3. The summed E-state index contributed by atoms with van der Waals surface area (Å²) in [6, 6.07) is 6.24. The lowest BCUT2D eigenvalue weighted by Gasteiger charge is -2.19. The maximum Gasteiger partial charge on any atom is 0.0820 e. The molecule has 4 heteroatoms. The first-order valence-corrected chi connectivity index (χ1v) is 7.07. The third-order valence-electron chi connectivity index (χ3n) is 3.27. The molecule has 1 aromatic heterocycles. The summed E-state index contributed by atoms with van der Waals surface area (Å²) in [7, 11) is 0. The van der Waals surface area contributed by atoms with E-state index < -0.39 is 0 Å². The highest BCUT2D eigenvalue weighted by Crippen LogP contribution is 2.34. The van der Waals surface area contributed by atoms with Crippen LogP contribution >= 0.6 is 22.9 Å². The Morgan fingerprint density at radius 1 is 1.17 bits per heavy atom. The second-order valence-corrected chi connectivity index (χ2v) is 5.88. The third-order valence-corrected chi connectivity index (χ3v) is 4.69. The van der Waals surface area contributed by atoms with Crippen molar-refractivity contribution in [3.63, 3.8) is 0 Å². The molecule has 0 radical (unpaired) electrons. The van der Waals surface area contributed by atoms with Crippen LogP contribution in [0.25, 0.3) is 0 Å². The van der Waals surface area contributed by atoms with Gasteiger partial charge in [-0.1, -0.05) is 23.7 Å². The third kappa shape index (κ3) is 2.45. The standard InChI is InChI=1S/C14H17ClN2S/c1-8-6-10(3)11(7-9(8)2)13(17-16)14-12(15)4-5-18-14/h4-7,13,17H,16H2,1-3H3. The first kappa shape index (κ1) is 13.6. The maximum atomic E-state index is 6.20. The Bertz CT molecular complexity index is 563. The monoisotopic (exact) mass is 280 g/mol. The van der Waals surface area contributed by atoms with Crippen molar-refractivity contribution in [1.82, 2.24) is 5.43 Å². The van der Waals surface area contributed by atoms with Gasteiger partial charge in [0.25, 0.3) is 0 Å². The first-order valence-electron chi connectivity index (χ1n) is 5.81. The zero-order valence-electron chi connectivity index (χ0n) is 10.8. The molecule has 0 saturated heterocycles. The minimum Gasteiger partial charge on any atom is -0.271 e. The van der Waals surface area contributed by atoms with Crippen molar-refractivity contribution >= 4 is 22.9 Å². The fraction of sp³-hybridized carbons (Fsp3) is 0.286. The molecule has 0 fully saturated rings. The van der Waals surface area contributed by atoms with E-state index in [9.17, 15) is 0 Å². The molecular formula is C14H17ClN2S. The van der Waals surface area contributed by atoms with Crippen molar-refractivity contribution in [2.75, 3.05) is 0 Å². The molecule has 2 aromatic rings. The fourth-order valence-corrected chi connectivity index (χ4v) is 3.35. The van der Waals surface area contributed by atoms with E-state index in [0.29, 0.717) is 0 Å². The fourth-order valence-electron chi connectivity index (χ4n) is 2.11. The molecule has 96 valence electrons. The molecule has 1 heterocycles. The maximum absolute atomic E-state index is 6.20. The predicted octanol–water partition coefficient (Wildman–Crippen LogP) is 3.88. The molecule has 2 rings (SSSR count). The van der Waals surface area contributed by atoms with Crippen LogP contribution in [0.4, 0.5) is 0 Å². The van der Waals surface area contributed by atoms with Crippen LogP contribution in [0.2, 0.25) is 5.02 Å².